The van der Waals surface area contributed by atoms with E-state index < -0.39 is 12.0 Å². The lowest BCUT2D eigenvalue weighted by Crippen LogP contribution is -2.38. The van der Waals surface area contributed by atoms with E-state index in [0.29, 0.717) is 45.7 Å². The van der Waals surface area contributed by atoms with Gasteiger partial charge in [-0.2, -0.15) is 0 Å². The fourth-order valence-electron chi connectivity index (χ4n) is 3.37. The van der Waals surface area contributed by atoms with Gasteiger partial charge in [-0.1, -0.05) is 12.1 Å². The SMILES string of the molecule is O=CCOCCOCCNC(=O)COCCOCCNC(=O)CC[C@H](NCCCCc1ccc(I)cc1)C(=O)O. The molecule has 0 aliphatic rings. The number of aryl methyl sites for hydroxylation is 1. The van der Waals surface area contributed by atoms with Crippen molar-refractivity contribution in [1.29, 1.82) is 0 Å². The van der Waals surface area contributed by atoms with Crippen LogP contribution in [0.4, 0.5) is 0 Å². The molecule has 1 aromatic carbocycles. The predicted octanol–water partition coefficient (Wildman–Crippen LogP) is 0.935. The highest BCUT2D eigenvalue weighted by molar-refractivity contribution is 14.1. The van der Waals surface area contributed by atoms with Crippen molar-refractivity contribution in [2.75, 3.05) is 72.5 Å². The number of carbonyl (C=O) groups is 4. The molecule has 0 bridgehead atoms. The van der Waals surface area contributed by atoms with E-state index in [9.17, 15) is 24.3 Å². The summed E-state index contributed by atoms with van der Waals surface area (Å²) in [4.78, 5) is 45.3. The Hall–Kier alpha value is -2.17. The summed E-state index contributed by atoms with van der Waals surface area (Å²) in [7, 11) is 0. The summed E-state index contributed by atoms with van der Waals surface area (Å²) < 4.78 is 21.9. The van der Waals surface area contributed by atoms with Crippen molar-refractivity contribution in [1.82, 2.24) is 16.0 Å². The maximum atomic E-state index is 12.0. The highest BCUT2D eigenvalue weighted by Gasteiger charge is 2.17. The first-order valence-corrected chi connectivity index (χ1v) is 14.5. The Kier molecular flexibility index (Phi) is 22.1. The average Bonchev–Trinajstić information content (AvgIpc) is 2.93. The van der Waals surface area contributed by atoms with Crippen molar-refractivity contribution in [3.05, 3.63) is 33.4 Å². The van der Waals surface area contributed by atoms with Gasteiger partial charge in [0.15, 0.2) is 0 Å². The molecule has 0 heterocycles. The van der Waals surface area contributed by atoms with E-state index in [1.807, 2.05) is 0 Å². The molecule has 12 nitrogen and oxygen atoms in total. The summed E-state index contributed by atoms with van der Waals surface area (Å²) in [5.41, 5.74) is 1.26. The Balaban J connectivity index is 1.96. The molecule has 13 heteroatoms. The standard InChI is InChI=1S/C27H42IN3O9/c28-23-6-4-22(5-7-23)3-1-2-10-29-24(27(35)36)8-9-25(33)30-11-14-38-19-20-40-21-26(34)31-12-15-37-17-18-39-16-13-32/h4-7,13,24,29H,1-3,8-12,14-21H2,(H,30,33)(H,31,34)(H,35,36)/t24-/m0/s1. The summed E-state index contributed by atoms with van der Waals surface area (Å²) in [6, 6.07) is 7.59. The topological polar surface area (TPSA) is 162 Å². The normalized spacial score (nSPS) is 11.6. The smallest absolute Gasteiger partial charge is 0.320 e. The van der Waals surface area contributed by atoms with Crippen molar-refractivity contribution in [3.8, 4) is 0 Å². The molecule has 1 atom stereocenters. The maximum Gasteiger partial charge on any atom is 0.320 e. The molecule has 0 unspecified atom stereocenters. The third-order valence-electron chi connectivity index (χ3n) is 5.45. The van der Waals surface area contributed by atoms with Gasteiger partial charge in [-0.05, 0) is 72.5 Å². The van der Waals surface area contributed by atoms with Gasteiger partial charge in [0.05, 0.1) is 39.6 Å². The Labute approximate surface area is 249 Å². The van der Waals surface area contributed by atoms with Crippen molar-refractivity contribution < 1.29 is 43.2 Å². The summed E-state index contributed by atoms with van der Waals surface area (Å²) in [5, 5.41) is 17.8. The number of rotatable bonds is 26. The fourth-order valence-corrected chi connectivity index (χ4v) is 3.73. The van der Waals surface area contributed by atoms with Crippen LogP contribution in [0.1, 0.15) is 31.2 Å². The van der Waals surface area contributed by atoms with Gasteiger partial charge < -0.3 is 44.8 Å². The lowest BCUT2D eigenvalue weighted by molar-refractivity contribution is -0.139. The number of benzene rings is 1. The first-order chi connectivity index (χ1) is 19.4. The first-order valence-electron chi connectivity index (χ1n) is 13.4. The number of hydrogen-bond donors (Lipinski definition) is 4. The number of carbonyl (C=O) groups excluding carboxylic acids is 3. The Morgan fingerprint density at radius 2 is 1.45 bits per heavy atom. The minimum Gasteiger partial charge on any atom is -0.480 e. The van der Waals surface area contributed by atoms with Gasteiger partial charge in [0.2, 0.25) is 11.8 Å². The largest absolute Gasteiger partial charge is 0.480 e. The molecule has 226 valence electrons. The molecule has 0 aliphatic heterocycles. The van der Waals surface area contributed by atoms with Crippen LogP contribution in [0.5, 0.6) is 0 Å². The number of halogens is 1. The number of amides is 2. The zero-order valence-electron chi connectivity index (χ0n) is 22.9. The lowest BCUT2D eigenvalue weighted by Gasteiger charge is -2.14. The van der Waals surface area contributed by atoms with Crippen LogP contribution in [0.3, 0.4) is 0 Å². The van der Waals surface area contributed by atoms with Crippen molar-refractivity contribution in [2.45, 2.75) is 38.1 Å². The molecule has 0 saturated carbocycles. The van der Waals surface area contributed by atoms with Gasteiger partial charge in [0.25, 0.3) is 0 Å². The predicted molar refractivity (Wildman–Crippen MR) is 156 cm³/mol. The number of unbranched alkanes of at least 4 members (excludes halogenated alkanes) is 1. The van der Waals surface area contributed by atoms with Gasteiger partial charge in [0, 0.05) is 23.1 Å². The summed E-state index contributed by atoms with van der Waals surface area (Å²) in [6.07, 6.45) is 3.72. The van der Waals surface area contributed by atoms with Gasteiger partial charge >= 0.3 is 5.97 Å². The molecule has 40 heavy (non-hydrogen) atoms. The van der Waals surface area contributed by atoms with Crippen LogP contribution in [-0.4, -0.2) is 108 Å². The molecule has 0 fully saturated rings. The average molecular weight is 680 g/mol. The van der Waals surface area contributed by atoms with E-state index in [4.69, 9.17) is 18.9 Å². The minimum absolute atomic E-state index is 0.0408. The van der Waals surface area contributed by atoms with E-state index in [-0.39, 0.29) is 57.7 Å². The third kappa shape index (κ3) is 20.7. The van der Waals surface area contributed by atoms with Crippen LogP contribution >= 0.6 is 22.6 Å². The summed E-state index contributed by atoms with van der Waals surface area (Å²) in [6.45, 7) is 2.90. The van der Waals surface area contributed by atoms with Crippen molar-refractivity contribution in [2.24, 2.45) is 0 Å². The molecule has 0 spiro atoms. The van der Waals surface area contributed by atoms with Crippen molar-refractivity contribution >= 4 is 46.7 Å². The van der Waals surface area contributed by atoms with Crippen molar-refractivity contribution in [3.63, 3.8) is 0 Å². The van der Waals surface area contributed by atoms with Gasteiger partial charge in [-0.25, -0.2) is 0 Å². The van der Waals surface area contributed by atoms with Crippen LogP contribution < -0.4 is 16.0 Å². The molecule has 1 rings (SSSR count). The molecule has 0 saturated heterocycles. The maximum absolute atomic E-state index is 12.0. The Bertz CT molecular complexity index is 843. The molecule has 0 radical (unpaired) electrons. The highest BCUT2D eigenvalue weighted by Crippen LogP contribution is 2.09. The molecule has 2 amide bonds. The molecular formula is C27H42IN3O9. The number of carboxylic acids is 1. The minimum atomic E-state index is -0.965. The van der Waals surface area contributed by atoms with Crippen LogP contribution in [-0.2, 0) is 44.5 Å². The molecule has 1 aromatic rings. The summed E-state index contributed by atoms with van der Waals surface area (Å²) >= 11 is 2.27. The van der Waals surface area contributed by atoms with E-state index in [0.717, 1.165) is 19.3 Å². The zero-order chi connectivity index (χ0) is 29.3. The fraction of sp³-hybridized carbons (Fsp3) is 0.630. The number of carboxylic acid groups (broad SMARTS) is 1. The van der Waals surface area contributed by atoms with E-state index in [2.05, 4.69) is 62.8 Å². The second kappa shape index (κ2) is 24.6. The van der Waals surface area contributed by atoms with E-state index in [1.165, 1.54) is 9.13 Å². The number of nitrogens with one attached hydrogen (secondary N) is 3. The molecular weight excluding hydrogens is 637 g/mol. The Morgan fingerprint density at radius 1 is 0.825 bits per heavy atom. The van der Waals surface area contributed by atoms with Crippen LogP contribution in [0.25, 0.3) is 0 Å². The number of ether oxygens (including phenoxy) is 4. The van der Waals surface area contributed by atoms with Gasteiger partial charge in [-0.3, -0.25) is 14.4 Å². The lowest BCUT2D eigenvalue weighted by atomic mass is 10.1. The first kappa shape index (κ1) is 35.9. The van der Waals surface area contributed by atoms with Crippen LogP contribution in [0.15, 0.2) is 24.3 Å². The van der Waals surface area contributed by atoms with E-state index >= 15 is 0 Å². The van der Waals surface area contributed by atoms with Crippen LogP contribution in [0.2, 0.25) is 0 Å². The highest BCUT2D eigenvalue weighted by atomic mass is 127. The number of aliphatic carboxylic acids is 1. The van der Waals surface area contributed by atoms with Gasteiger partial charge in [-0.15, -0.1) is 0 Å². The number of hydrogen-bond acceptors (Lipinski definition) is 9. The van der Waals surface area contributed by atoms with E-state index in [1.54, 1.807) is 0 Å². The second-order valence-electron chi connectivity index (χ2n) is 8.69. The third-order valence-corrected chi connectivity index (χ3v) is 6.17. The van der Waals surface area contributed by atoms with Crippen LogP contribution in [0, 0.1) is 3.57 Å². The molecule has 0 aliphatic carbocycles. The second-order valence-corrected chi connectivity index (χ2v) is 9.93. The zero-order valence-corrected chi connectivity index (χ0v) is 25.0. The number of aldehydes is 1. The molecule has 4 N–H and O–H groups in total. The monoisotopic (exact) mass is 679 g/mol. The van der Waals surface area contributed by atoms with Gasteiger partial charge in [0.1, 0.15) is 25.5 Å². The Morgan fingerprint density at radius 3 is 2.10 bits per heavy atom. The summed E-state index contributed by atoms with van der Waals surface area (Å²) in [5.74, 6) is -1.47. The molecule has 0 aromatic heterocycles. The quantitative estimate of drug-likeness (QED) is 0.0630.